The Balaban J connectivity index is 1.91. The highest BCUT2D eigenvalue weighted by Gasteiger charge is 2.46. The van der Waals surface area contributed by atoms with Crippen LogP contribution in [0.25, 0.3) is 0 Å². The smallest absolute Gasteiger partial charge is 0.301 e. The van der Waals surface area contributed by atoms with E-state index in [1.165, 1.54) is 0 Å². The van der Waals surface area contributed by atoms with Crippen LogP contribution in [-0.4, -0.2) is 82.9 Å². The standard InChI is InChI=1S/C15H26N4O3/c1-11(2)9-16-5-7-17(8-6-16)10-18-13(20)14(21)19(12(3)4)15(18)22/h11-12H,5-10H2,1-4H3. The van der Waals surface area contributed by atoms with Crippen LogP contribution in [0.3, 0.4) is 0 Å². The molecule has 0 radical (unpaired) electrons. The van der Waals surface area contributed by atoms with E-state index in [4.69, 9.17) is 0 Å². The van der Waals surface area contributed by atoms with Gasteiger partial charge >= 0.3 is 17.8 Å². The zero-order valence-corrected chi connectivity index (χ0v) is 13.9. The van der Waals surface area contributed by atoms with Crippen molar-refractivity contribution in [1.29, 1.82) is 0 Å². The lowest BCUT2D eigenvalue weighted by Crippen LogP contribution is -2.52. The van der Waals surface area contributed by atoms with Gasteiger partial charge in [-0.05, 0) is 19.8 Å². The highest BCUT2D eigenvalue weighted by molar-refractivity contribution is 6.44. The Kier molecular flexibility index (Phi) is 5.18. The van der Waals surface area contributed by atoms with Gasteiger partial charge in [0.1, 0.15) is 0 Å². The van der Waals surface area contributed by atoms with Crippen molar-refractivity contribution in [1.82, 2.24) is 19.6 Å². The van der Waals surface area contributed by atoms with E-state index in [9.17, 15) is 14.4 Å². The molecule has 2 aliphatic heterocycles. The van der Waals surface area contributed by atoms with Gasteiger partial charge in [-0.2, -0.15) is 0 Å². The molecular formula is C15H26N4O3. The normalized spacial score (nSPS) is 21.8. The Labute approximate surface area is 131 Å². The summed E-state index contributed by atoms with van der Waals surface area (Å²) in [5, 5.41) is 0. The van der Waals surface area contributed by atoms with Crippen molar-refractivity contribution in [3.63, 3.8) is 0 Å². The van der Waals surface area contributed by atoms with Crippen molar-refractivity contribution in [3.8, 4) is 0 Å². The highest BCUT2D eigenvalue weighted by atomic mass is 16.2. The summed E-state index contributed by atoms with van der Waals surface area (Å²) in [5.41, 5.74) is 0. The summed E-state index contributed by atoms with van der Waals surface area (Å²) < 4.78 is 0. The van der Waals surface area contributed by atoms with Gasteiger partial charge in [-0.3, -0.25) is 19.4 Å². The van der Waals surface area contributed by atoms with E-state index in [0.29, 0.717) is 5.92 Å². The average Bonchev–Trinajstić information content (AvgIpc) is 2.64. The van der Waals surface area contributed by atoms with E-state index in [-0.39, 0.29) is 12.7 Å². The van der Waals surface area contributed by atoms with Crippen molar-refractivity contribution in [2.24, 2.45) is 5.92 Å². The molecule has 2 heterocycles. The first-order chi connectivity index (χ1) is 10.3. The number of rotatable bonds is 5. The van der Waals surface area contributed by atoms with Crippen molar-refractivity contribution in [2.45, 2.75) is 33.7 Å². The molecule has 0 aromatic carbocycles. The SMILES string of the molecule is CC(C)CN1CCN(CN2C(=O)C(=O)N(C(C)C)C2=O)CC1. The van der Waals surface area contributed by atoms with Crippen LogP contribution in [0.1, 0.15) is 27.7 Å². The number of carbonyl (C=O) groups excluding carboxylic acids is 3. The van der Waals surface area contributed by atoms with Gasteiger partial charge in [0, 0.05) is 38.8 Å². The molecule has 0 atom stereocenters. The molecule has 22 heavy (non-hydrogen) atoms. The molecule has 0 spiro atoms. The van der Waals surface area contributed by atoms with Crippen LogP contribution in [0.5, 0.6) is 0 Å². The molecular weight excluding hydrogens is 284 g/mol. The highest BCUT2D eigenvalue weighted by Crippen LogP contribution is 2.16. The third kappa shape index (κ3) is 3.47. The van der Waals surface area contributed by atoms with Gasteiger partial charge in [0.05, 0.1) is 6.67 Å². The fourth-order valence-electron chi connectivity index (χ4n) is 2.93. The summed E-state index contributed by atoms with van der Waals surface area (Å²) in [7, 11) is 0. The molecule has 2 aliphatic rings. The monoisotopic (exact) mass is 310 g/mol. The minimum atomic E-state index is -0.710. The van der Waals surface area contributed by atoms with Gasteiger partial charge in [0.15, 0.2) is 0 Å². The quantitative estimate of drug-likeness (QED) is 0.544. The molecule has 0 aliphatic carbocycles. The first-order valence-electron chi connectivity index (χ1n) is 7.95. The van der Waals surface area contributed by atoms with Crippen LogP contribution in [0.15, 0.2) is 0 Å². The largest absolute Gasteiger partial charge is 0.335 e. The van der Waals surface area contributed by atoms with Crippen LogP contribution in [-0.2, 0) is 9.59 Å². The first-order valence-corrected chi connectivity index (χ1v) is 7.95. The number of amides is 4. The lowest BCUT2D eigenvalue weighted by molar-refractivity contribution is -0.144. The van der Waals surface area contributed by atoms with Crippen LogP contribution in [0.2, 0.25) is 0 Å². The van der Waals surface area contributed by atoms with Crippen molar-refractivity contribution < 1.29 is 14.4 Å². The first kappa shape index (κ1) is 16.9. The van der Waals surface area contributed by atoms with E-state index < -0.39 is 17.8 Å². The molecule has 0 aromatic rings. The number of imide groups is 2. The summed E-state index contributed by atoms with van der Waals surface area (Å²) >= 11 is 0. The number of nitrogens with zero attached hydrogens (tertiary/aromatic N) is 4. The summed E-state index contributed by atoms with van der Waals surface area (Å²) in [6.45, 7) is 12.6. The average molecular weight is 310 g/mol. The maximum atomic E-state index is 12.2. The van der Waals surface area contributed by atoms with Crippen LogP contribution in [0.4, 0.5) is 4.79 Å². The zero-order chi connectivity index (χ0) is 16.4. The minimum absolute atomic E-state index is 0.210. The summed E-state index contributed by atoms with van der Waals surface area (Å²) in [6, 6.07) is -0.786. The van der Waals surface area contributed by atoms with Gasteiger partial charge in [0.2, 0.25) is 0 Å². The predicted molar refractivity (Wildman–Crippen MR) is 81.9 cm³/mol. The Bertz CT molecular complexity index is 456. The Morgan fingerprint density at radius 1 is 0.864 bits per heavy atom. The fourth-order valence-corrected chi connectivity index (χ4v) is 2.93. The number of piperazine rings is 1. The molecule has 2 rings (SSSR count). The van der Waals surface area contributed by atoms with Crippen LogP contribution in [0, 0.1) is 5.92 Å². The molecule has 4 amide bonds. The van der Waals surface area contributed by atoms with Crippen molar-refractivity contribution >= 4 is 17.8 Å². The third-order valence-electron chi connectivity index (χ3n) is 4.03. The number of carbonyl (C=O) groups is 3. The molecule has 0 unspecified atom stereocenters. The van der Waals surface area contributed by atoms with Gasteiger partial charge in [-0.1, -0.05) is 13.8 Å². The lowest BCUT2D eigenvalue weighted by Gasteiger charge is -2.36. The van der Waals surface area contributed by atoms with Gasteiger partial charge in [-0.15, -0.1) is 0 Å². The molecule has 7 heteroatoms. The second-order valence-electron chi connectivity index (χ2n) is 6.74. The Hall–Kier alpha value is -1.47. The van der Waals surface area contributed by atoms with E-state index >= 15 is 0 Å². The topological polar surface area (TPSA) is 64.2 Å². The molecule has 7 nitrogen and oxygen atoms in total. The summed E-state index contributed by atoms with van der Waals surface area (Å²) in [6.07, 6.45) is 0. The molecule has 0 N–H and O–H groups in total. The van der Waals surface area contributed by atoms with Crippen LogP contribution >= 0.6 is 0 Å². The Morgan fingerprint density at radius 3 is 1.86 bits per heavy atom. The second kappa shape index (κ2) is 6.75. The number of urea groups is 1. The molecule has 0 saturated carbocycles. The number of hydrogen-bond acceptors (Lipinski definition) is 5. The van der Waals surface area contributed by atoms with E-state index in [0.717, 1.165) is 42.5 Å². The molecule has 124 valence electrons. The fraction of sp³-hybridized carbons (Fsp3) is 0.800. The van der Waals surface area contributed by atoms with Gasteiger partial charge < -0.3 is 4.90 Å². The maximum Gasteiger partial charge on any atom is 0.335 e. The molecule has 2 saturated heterocycles. The van der Waals surface area contributed by atoms with Gasteiger partial charge in [0.25, 0.3) is 0 Å². The van der Waals surface area contributed by atoms with E-state index in [1.54, 1.807) is 13.8 Å². The number of hydrogen-bond donors (Lipinski definition) is 0. The lowest BCUT2D eigenvalue weighted by atomic mass is 10.2. The van der Waals surface area contributed by atoms with Crippen LogP contribution < -0.4 is 0 Å². The second-order valence-corrected chi connectivity index (χ2v) is 6.74. The summed E-state index contributed by atoms with van der Waals surface area (Å²) in [5.74, 6) is -0.785. The van der Waals surface area contributed by atoms with Crippen molar-refractivity contribution in [2.75, 3.05) is 39.4 Å². The molecule has 0 aromatic heterocycles. The Morgan fingerprint density at radius 2 is 1.41 bits per heavy atom. The van der Waals surface area contributed by atoms with Gasteiger partial charge in [-0.25, -0.2) is 9.69 Å². The third-order valence-corrected chi connectivity index (χ3v) is 4.03. The summed E-state index contributed by atoms with van der Waals surface area (Å²) in [4.78, 5) is 42.6. The molecule has 0 bridgehead atoms. The minimum Gasteiger partial charge on any atom is -0.301 e. The maximum absolute atomic E-state index is 12.2. The van der Waals surface area contributed by atoms with E-state index in [1.807, 2.05) is 0 Å². The van der Waals surface area contributed by atoms with Crippen molar-refractivity contribution in [3.05, 3.63) is 0 Å². The molecule has 2 fully saturated rings. The van der Waals surface area contributed by atoms with E-state index in [2.05, 4.69) is 23.6 Å². The predicted octanol–water partition coefficient (Wildman–Crippen LogP) is 0.417. The zero-order valence-electron chi connectivity index (χ0n) is 13.9.